The Kier molecular flexibility index (Phi) is 31.6. The second-order valence-electron chi connectivity index (χ2n) is 10.9. The van der Waals surface area contributed by atoms with Gasteiger partial charge in [0.2, 0.25) is 0 Å². The van der Waals surface area contributed by atoms with Crippen molar-refractivity contribution in [1.82, 2.24) is 0 Å². The van der Waals surface area contributed by atoms with Crippen molar-refractivity contribution in [1.29, 1.82) is 0 Å². The van der Waals surface area contributed by atoms with E-state index in [2.05, 4.69) is 52.7 Å². The Morgan fingerprint density at radius 1 is 0.726 bits per heavy atom. The van der Waals surface area contributed by atoms with Crippen LogP contribution in [-0.4, -0.2) is 41.0 Å². The molecule has 0 aliphatic carbocycles. The zero-order valence-electron chi connectivity index (χ0n) is 33.4. The minimum absolute atomic E-state index is 0. The van der Waals surface area contributed by atoms with Crippen LogP contribution in [0, 0.1) is 15.2 Å². The van der Waals surface area contributed by atoms with E-state index >= 15 is 0 Å². The van der Waals surface area contributed by atoms with E-state index in [-0.39, 0.29) is 149 Å². The van der Waals surface area contributed by atoms with Crippen LogP contribution in [0.3, 0.4) is 0 Å². The molecule has 1 heterocycles. The van der Waals surface area contributed by atoms with E-state index in [0.29, 0.717) is 38.2 Å². The minimum Gasteiger partial charge on any atom is -1.00 e. The zero-order chi connectivity index (χ0) is 46.1. The Hall–Kier alpha value is 1.11. The second-order valence-corrected chi connectivity index (χ2v) is 17.3. The van der Waals surface area contributed by atoms with Gasteiger partial charge in [0.25, 0.3) is 6.47 Å². The molecule has 0 bridgehead atoms. The summed E-state index contributed by atoms with van der Waals surface area (Å²) in [6.45, 7) is -0.181. The molecule has 7 aromatic rings. The van der Waals surface area contributed by atoms with Gasteiger partial charge in [-0.15, -0.1) is 0 Å². The molecule has 0 aliphatic heterocycles. The van der Waals surface area contributed by atoms with Crippen LogP contribution in [0.1, 0.15) is 2.80 Å². The monoisotopic (exact) mass is 1330 g/mol. The molecule has 8 nitrogen and oxygen atoms in total. The van der Waals surface area contributed by atoms with Crippen molar-refractivity contribution in [3.63, 3.8) is 0 Å². The van der Waals surface area contributed by atoms with Crippen molar-refractivity contribution in [2.24, 2.45) is 0 Å². The summed E-state index contributed by atoms with van der Waals surface area (Å²) >= 11 is 46.4. The summed E-state index contributed by atoms with van der Waals surface area (Å²) in [6, 6.07) is 24.0. The van der Waals surface area contributed by atoms with Gasteiger partial charge in [-0.1, -0.05) is 130 Å². The first-order valence-corrected chi connectivity index (χ1v) is 21.2. The normalized spacial score (nSPS) is 9.84. The van der Waals surface area contributed by atoms with Gasteiger partial charge in [0.1, 0.15) is 28.7 Å². The molecule has 0 atom stereocenters. The fourth-order valence-electron chi connectivity index (χ4n) is 4.50. The third kappa shape index (κ3) is 20.0. The molecule has 62 heavy (non-hydrogen) atoms. The Labute approximate surface area is 510 Å². The van der Waals surface area contributed by atoms with Crippen molar-refractivity contribution in [2.45, 2.75) is 0 Å². The average molecular weight is 1330 g/mol. The van der Waals surface area contributed by atoms with E-state index in [9.17, 15) is 18.3 Å². The van der Waals surface area contributed by atoms with Crippen LogP contribution >= 0.6 is 140 Å². The summed E-state index contributed by atoms with van der Waals surface area (Å²) in [5.41, 5.74) is 1.88. The number of carbonyl (C=O) groups is 1. The van der Waals surface area contributed by atoms with Crippen molar-refractivity contribution >= 4 is 181 Å². The largest absolute Gasteiger partial charge is 1.00 e. The minimum atomic E-state index is -1.75. The Morgan fingerprint density at radius 3 is 1.71 bits per heavy atom. The SMILES string of the molecule is Clc1cc(Cl)c2oc3cc(Br)ccc3c2c1.O=CO[O-].OB(O)c1ccc(Br)cc1F.Oc1c(Cl)cc(Cl)cc1-c1ccc(Br)cc1F.Oc1c(Cl)cc(Cl)cc1I.[2H]CF.[H-].[K+].[K+]. The van der Waals surface area contributed by atoms with Crippen molar-refractivity contribution in [3.8, 4) is 22.6 Å². The molecule has 7 rings (SSSR count). The molecule has 24 heteroatoms. The van der Waals surface area contributed by atoms with Crippen molar-refractivity contribution in [3.05, 3.63) is 150 Å². The summed E-state index contributed by atoms with van der Waals surface area (Å²) in [5, 5.41) is 48.9. The first-order chi connectivity index (χ1) is 28.7. The van der Waals surface area contributed by atoms with Gasteiger partial charge in [0.05, 0.1) is 27.2 Å². The van der Waals surface area contributed by atoms with E-state index in [1.54, 1.807) is 24.3 Å². The van der Waals surface area contributed by atoms with Crippen LogP contribution in [0.15, 0.2) is 109 Å². The van der Waals surface area contributed by atoms with Crippen LogP contribution < -0.4 is 113 Å². The molecule has 0 saturated carbocycles. The molecule has 0 saturated heterocycles. The number of benzene rings is 6. The van der Waals surface area contributed by atoms with Gasteiger partial charge in [-0.05, 0) is 101 Å². The summed E-state index contributed by atoms with van der Waals surface area (Å²) in [5.74, 6) is -1.19. The number of carbonyl (C=O) groups excluding carboxylic acids is 1. The molecule has 6 aromatic carbocycles. The van der Waals surface area contributed by atoms with Crippen LogP contribution in [0.2, 0.25) is 30.1 Å². The van der Waals surface area contributed by atoms with Gasteiger partial charge in [-0.2, -0.15) is 0 Å². The van der Waals surface area contributed by atoms with Gasteiger partial charge in [0, 0.05) is 55.8 Å². The summed E-state index contributed by atoms with van der Waals surface area (Å²) < 4.78 is 50.5. The van der Waals surface area contributed by atoms with Gasteiger partial charge in [-0.3, -0.25) is 9.18 Å². The van der Waals surface area contributed by atoms with E-state index < -0.39 is 25.9 Å². The number of rotatable bonds is 3. The summed E-state index contributed by atoms with van der Waals surface area (Å²) in [6.07, 6.45) is 0. The van der Waals surface area contributed by atoms with Crippen molar-refractivity contribution in [2.75, 3.05) is 7.15 Å². The van der Waals surface area contributed by atoms with Crippen LogP contribution in [0.25, 0.3) is 33.1 Å². The number of aromatic hydroxyl groups is 2. The Morgan fingerprint density at radius 2 is 1.19 bits per heavy atom. The van der Waals surface area contributed by atoms with Gasteiger partial charge in [-0.25, -0.2) is 8.78 Å². The third-order valence-corrected chi connectivity index (χ3v) is 10.8. The quantitative estimate of drug-likeness (QED) is 0.0466. The molecule has 0 aliphatic rings. The Balaban J connectivity index is 0. The number of furan rings is 1. The smallest absolute Gasteiger partial charge is 1.00 e. The molecule has 0 amide bonds. The summed E-state index contributed by atoms with van der Waals surface area (Å²) in [4.78, 5) is 11.2. The van der Waals surface area contributed by atoms with Gasteiger partial charge < -0.3 is 36.2 Å². The van der Waals surface area contributed by atoms with Crippen molar-refractivity contribution < 1.29 is 158 Å². The van der Waals surface area contributed by atoms with Crippen LogP contribution in [-0.2, 0) is 9.68 Å². The molecule has 0 radical (unpaired) electrons. The third-order valence-electron chi connectivity index (χ3n) is 6.97. The number of hydrogen-bond donors (Lipinski definition) is 4. The zero-order valence-corrected chi connectivity index (χ0v) is 49.1. The maximum atomic E-state index is 13.8. The number of halogens is 13. The number of phenols is 2. The van der Waals surface area contributed by atoms with E-state index in [4.69, 9.17) is 101 Å². The van der Waals surface area contributed by atoms with E-state index in [0.717, 1.165) is 20.8 Å². The second kappa shape index (κ2) is 32.0. The predicted octanol–water partition coefficient (Wildman–Crippen LogP) is 7.64. The molecular formula is C38H24BBr3Cl6F3IK2O8. The Bertz CT molecular complexity index is 2580. The molecule has 1 aromatic heterocycles. The number of phenolic OH excluding ortho intramolecular Hbond substituents is 2. The molecule has 4 N–H and O–H groups in total. The van der Waals surface area contributed by atoms with Crippen LogP contribution in [0.4, 0.5) is 13.2 Å². The van der Waals surface area contributed by atoms with Gasteiger partial charge >= 0.3 is 110 Å². The average Bonchev–Trinajstić information content (AvgIpc) is 3.54. The summed E-state index contributed by atoms with van der Waals surface area (Å²) in [7, 11) is -2.75. The first-order valence-electron chi connectivity index (χ1n) is 16.2. The maximum Gasteiger partial charge on any atom is 1.00 e. The first kappa shape index (κ1) is 61.1. The molecule has 320 valence electrons. The van der Waals surface area contributed by atoms with E-state index in [1.165, 1.54) is 42.5 Å². The molecule has 0 unspecified atom stereocenters. The maximum absolute atomic E-state index is 13.8. The number of fused-ring (bicyclic) bond motifs is 3. The molecule has 0 fully saturated rings. The standard InChI is InChI=1S/C12H6BrCl2FO.C12H5BrCl2O.C6H5BBrFO2.C6H3Cl2IO.CH3F.CH2O3.2K.H/c13-6-1-2-8(11(16)3-6)9-4-7(14)5-10(15)12(9)17;13-6-1-2-8-9-4-7(14)5-10(15)12(9)16-11(8)3-6;8-4-1-2-5(7(10)11)6(9)3-4;7-3-1-4(8)6(10)5(9)2-3;1-2;2-1-4-3;;;/h1-5,17H;1-5H;1-3,10-11H;1-2,10H;1H3;1,3H;;;/q;;;;;;2*+1;-1/p-1/i;;;;1D;;;;. The van der Waals surface area contributed by atoms with Crippen LogP contribution in [0.5, 0.6) is 11.5 Å². The molecule has 0 spiro atoms. The fourth-order valence-corrected chi connectivity index (χ4v) is 8.00. The predicted molar refractivity (Wildman–Crippen MR) is 253 cm³/mol. The van der Waals surface area contributed by atoms with E-state index in [1.807, 2.05) is 46.9 Å². The molecular weight excluding hydrogens is 1310 g/mol. The number of hydrogen-bond acceptors (Lipinski definition) is 8. The fraction of sp³-hybridized carbons (Fsp3) is 0.0263. The van der Waals surface area contributed by atoms with Gasteiger partial charge in [0.15, 0.2) is 5.58 Å². The number of alkyl halides is 1. The topological polar surface area (TPSA) is 143 Å².